The smallest absolute Gasteiger partial charge is 0.162 e. The molecule has 0 saturated carbocycles. The normalized spacial score (nSPS) is 12.7. The number of benzene rings is 1. The molecule has 0 saturated heterocycles. The lowest BCUT2D eigenvalue weighted by Crippen LogP contribution is -2.29. The van der Waals surface area contributed by atoms with Crippen molar-refractivity contribution in [3.05, 3.63) is 51.0 Å². The first-order valence-corrected chi connectivity index (χ1v) is 6.67. The van der Waals surface area contributed by atoms with Gasteiger partial charge < -0.3 is 0 Å². The predicted molar refractivity (Wildman–Crippen MR) is 71.7 cm³/mol. The van der Waals surface area contributed by atoms with Gasteiger partial charge in [-0.05, 0) is 31.9 Å². The summed E-state index contributed by atoms with van der Waals surface area (Å²) in [5.74, 6) is 3.87. The number of hydrogen-bond acceptors (Lipinski definition) is 4. The Kier molecular flexibility index (Phi) is 4.24. The van der Waals surface area contributed by atoms with Crippen LogP contribution in [-0.4, -0.2) is 4.98 Å². The second-order valence-corrected chi connectivity index (χ2v) is 5.55. The van der Waals surface area contributed by atoms with Gasteiger partial charge >= 0.3 is 0 Å². The van der Waals surface area contributed by atoms with E-state index in [1.165, 1.54) is 17.4 Å². The number of thiazole rings is 1. The molecule has 1 aromatic carbocycles. The number of halogens is 2. The summed E-state index contributed by atoms with van der Waals surface area (Å²) in [5.41, 5.74) is 3.81. The lowest BCUT2D eigenvalue weighted by atomic mass is 10.0. The monoisotopic (exact) mass is 283 g/mol. The first-order chi connectivity index (χ1) is 9.02. The van der Waals surface area contributed by atoms with Crippen LogP contribution < -0.4 is 11.3 Å². The van der Waals surface area contributed by atoms with Gasteiger partial charge in [-0.25, -0.2) is 13.8 Å². The van der Waals surface area contributed by atoms with Gasteiger partial charge in [0.2, 0.25) is 0 Å². The Balaban J connectivity index is 2.29. The van der Waals surface area contributed by atoms with E-state index in [-0.39, 0.29) is 12.5 Å². The molecule has 0 aliphatic rings. The van der Waals surface area contributed by atoms with E-state index in [4.69, 9.17) is 5.84 Å². The molecule has 1 aromatic heterocycles. The van der Waals surface area contributed by atoms with Crippen molar-refractivity contribution in [1.82, 2.24) is 10.4 Å². The third kappa shape index (κ3) is 2.97. The fraction of sp³-hybridized carbons (Fsp3) is 0.308. The maximum Gasteiger partial charge on any atom is 0.162 e. The summed E-state index contributed by atoms with van der Waals surface area (Å²) < 4.78 is 26.8. The molecule has 3 nitrogen and oxygen atoms in total. The van der Waals surface area contributed by atoms with E-state index in [0.29, 0.717) is 5.56 Å². The van der Waals surface area contributed by atoms with Crippen molar-refractivity contribution >= 4 is 11.3 Å². The summed E-state index contributed by atoms with van der Waals surface area (Å²) in [6, 6.07) is 3.88. The Hall–Kier alpha value is -1.37. The first kappa shape index (κ1) is 14.0. The SMILES string of the molecule is Cc1nc(C)c(C(Cc2cccc(F)c2F)NN)s1. The second kappa shape index (κ2) is 5.73. The number of nitrogens with one attached hydrogen (secondary N) is 1. The molecule has 0 radical (unpaired) electrons. The van der Waals surface area contributed by atoms with Gasteiger partial charge in [0.1, 0.15) is 0 Å². The van der Waals surface area contributed by atoms with Crippen LogP contribution in [0, 0.1) is 25.5 Å². The molecule has 0 aliphatic heterocycles. The molecule has 0 spiro atoms. The highest BCUT2D eigenvalue weighted by atomic mass is 32.1. The molecule has 0 bridgehead atoms. The quantitative estimate of drug-likeness (QED) is 0.670. The van der Waals surface area contributed by atoms with E-state index in [1.807, 2.05) is 13.8 Å². The lowest BCUT2D eigenvalue weighted by molar-refractivity contribution is 0.482. The molecule has 0 aliphatic carbocycles. The summed E-state index contributed by atoms with van der Waals surface area (Å²) in [6.45, 7) is 3.78. The van der Waals surface area contributed by atoms with Gasteiger partial charge in [-0.3, -0.25) is 11.3 Å². The number of nitrogens with two attached hydrogens (primary N) is 1. The molecular weight excluding hydrogens is 268 g/mol. The Morgan fingerprint density at radius 2 is 2.11 bits per heavy atom. The Morgan fingerprint density at radius 3 is 2.68 bits per heavy atom. The van der Waals surface area contributed by atoms with Crippen LogP contribution in [-0.2, 0) is 6.42 Å². The topological polar surface area (TPSA) is 50.9 Å². The van der Waals surface area contributed by atoms with Crippen molar-refractivity contribution in [3.63, 3.8) is 0 Å². The number of rotatable bonds is 4. The van der Waals surface area contributed by atoms with Crippen molar-refractivity contribution < 1.29 is 8.78 Å². The maximum atomic E-state index is 13.7. The molecule has 2 rings (SSSR count). The molecule has 0 fully saturated rings. The summed E-state index contributed by atoms with van der Waals surface area (Å²) in [6.07, 6.45) is 0.280. The molecule has 1 unspecified atom stereocenters. The zero-order chi connectivity index (χ0) is 14.0. The number of aromatic nitrogens is 1. The van der Waals surface area contributed by atoms with Gasteiger partial charge in [-0.15, -0.1) is 11.3 Å². The number of hydrogen-bond donors (Lipinski definition) is 2. The van der Waals surface area contributed by atoms with Gasteiger partial charge in [0, 0.05) is 4.88 Å². The van der Waals surface area contributed by atoms with Gasteiger partial charge in [-0.1, -0.05) is 12.1 Å². The van der Waals surface area contributed by atoms with Crippen LogP contribution in [0.5, 0.6) is 0 Å². The van der Waals surface area contributed by atoms with Crippen molar-refractivity contribution in [2.24, 2.45) is 5.84 Å². The van der Waals surface area contributed by atoms with Crippen molar-refractivity contribution in [2.45, 2.75) is 26.3 Å². The van der Waals surface area contributed by atoms with Crippen LogP contribution in [0.1, 0.15) is 27.2 Å². The van der Waals surface area contributed by atoms with E-state index in [2.05, 4.69) is 10.4 Å². The molecular formula is C13H15F2N3S. The molecule has 3 N–H and O–H groups in total. The van der Waals surface area contributed by atoms with Crippen LogP contribution in [0.4, 0.5) is 8.78 Å². The summed E-state index contributed by atoms with van der Waals surface area (Å²) >= 11 is 1.51. The fourth-order valence-corrected chi connectivity index (χ4v) is 3.01. The van der Waals surface area contributed by atoms with Gasteiger partial charge in [0.15, 0.2) is 11.6 Å². The van der Waals surface area contributed by atoms with Crippen LogP contribution >= 0.6 is 11.3 Å². The van der Waals surface area contributed by atoms with Crippen LogP contribution in [0.25, 0.3) is 0 Å². The van der Waals surface area contributed by atoms with Gasteiger partial charge in [-0.2, -0.15) is 0 Å². The zero-order valence-electron chi connectivity index (χ0n) is 10.7. The van der Waals surface area contributed by atoms with E-state index >= 15 is 0 Å². The van der Waals surface area contributed by atoms with E-state index in [1.54, 1.807) is 6.07 Å². The highest BCUT2D eigenvalue weighted by molar-refractivity contribution is 7.11. The molecule has 102 valence electrons. The van der Waals surface area contributed by atoms with E-state index < -0.39 is 11.6 Å². The zero-order valence-corrected chi connectivity index (χ0v) is 11.5. The summed E-state index contributed by atoms with van der Waals surface area (Å²) in [4.78, 5) is 5.26. The Bertz CT molecular complexity index is 583. The largest absolute Gasteiger partial charge is 0.271 e. The lowest BCUT2D eigenvalue weighted by Gasteiger charge is -2.15. The minimum atomic E-state index is -0.842. The Labute approximate surface area is 114 Å². The van der Waals surface area contributed by atoms with Crippen LogP contribution in [0.3, 0.4) is 0 Å². The van der Waals surface area contributed by atoms with E-state index in [9.17, 15) is 8.78 Å². The molecule has 6 heteroatoms. The summed E-state index contributed by atoms with van der Waals surface area (Å²) in [7, 11) is 0. The highest BCUT2D eigenvalue weighted by Crippen LogP contribution is 2.28. The molecule has 19 heavy (non-hydrogen) atoms. The third-order valence-corrected chi connectivity index (χ3v) is 4.10. The van der Waals surface area contributed by atoms with Crippen LogP contribution in [0.2, 0.25) is 0 Å². The number of aryl methyl sites for hydroxylation is 2. The summed E-state index contributed by atoms with van der Waals surface area (Å²) in [5, 5.41) is 0.924. The molecule has 1 heterocycles. The van der Waals surface area contributed by atoms with Crippen molar-refractivity contribution in [2.75, 3.05) is 0 Å². The minimum absolute atomic E-state index is 0.275. The highest BCUT2D eigenvalue weighted by Gasteiger charge is 2.19. The number of hydrazine groups is 1. The number of nitrogens with zero attached hydrogens (tertiary/aromatic N) is 1. The molecule has 1 atom stereocenters. The Morgan fingerprint density at radius 1 is 1.37 bits per heavy atom. The van der Waals surface area contributed by atoms with Crippen molar-refractivity contribution in [1.29, 1.82) is 0 Å². The van der Waals surface area contributed by atoms with Gasteiger partial charge in [0.05, 0.1) is 16.7 Å². The third-order valence-electron chi connectivity index (χ3n) is 2.91. The van der Waals surface area contributed by atoms with Gasteiger partial charge in [0.25, 0.3) is 0 Å². The average Bonchev–Trinajstić information content (AvgIpc) is 2.70. The first-order valence-electron chi connectivity index (χ1n) is 5.86. The standard InChI is InChI=1S/C13H15F2N3S/c1-7-13(19-8(2)17-7)11(18-16)6-9-4-3-5-10(14)12(9)15/h3-5,11,18H,6,16H2,1-2H3. The van der Waals surface area contributed by atoms with Crippen LogP contribution in [0.15, 0.2) is 18.2 Å². The maximum absolute atomic E-state index is 13.7. The minimum Gasteiger partial charge on any atom is -0.271 e. The average molecular weight is 283 g/mol. The molecule has 0 amide bonds. The van der Waals surface area contributed by atoms with E-state index in [0.717, 1.165) is 21.6 Å². The fourth-order valence-electron chi connectivity index (χ4n) is 2.02. The predicted octanol–water partition coefficient (Wildman–Crippen LogP) is 2.79. The van der Waals surface area contributed by atoms with Crippen molar-refractivity contribution in [3.8, 4) is 0 Å². The molecule has 2 aromatic rings. The second-order valence-electron chi connectivity index (χ2n) is 4.32.